The Hall–Kier alpha value is -3.98. The molecule has 4 aromatic rings. The van der Waals surface area contributed by atoms with Crippen LogP contribution in [0.2, 0.25) is 0 Å². The molecule has 0 saturated carbocycles. The first-order valence-corrected chi connectivity index (χ1v) is 11.3. The number of ether oxygens (including phenoxy) is 1. The van der Waals surface area contributed by atoms with Gasteiger partial charge in [0.25, 0.3) is 5.91 Å². The van der Waals surface area contributed by atoms with E-state index in [1.54, 1.807) is 19.3 Å². The van der Waals surface area contributed by atoms with Gasteiger partial charge in [-0.15, -0.1) is 0 Å². The number of rotatable bonds is 3. The van der Waals surface area contributed by atoms with E-state index in [0.717, 1.165) is 10.9 Å². The maximum atomic E-state index is 13.1. The molecule has 180 valence electrons. The van der Waals surface area contributed by atoms with Gasteiger partial charge < -0.3 is 19.3 Å². The fourth-order valence-electron chi connectivity index (χ4n) is 4.27. The molecule has 0 aliphatic carbocycles. The fourth-order valence-corrected chi connectivity index (χ4v) is 4.27. The SMILES string of the molecule is CN1CCC(O)(c2cc(-c3cccc(-c4cc5cccnc5n4C(=O)OC(C)(C)C)c3)on2)C1=O. The zero-order chi connectivity index (χ0) is 25.0. The summed E-state index contributed by atoms with van der Waals surface area (Å²) in [5.41, 5.74) is 0.333. The smallest absolute Gasteiger partial charge is 0.420 e. The Morgan fingerprint density at radius 3 is 2.63 bits per heavy atom. The van der Waals surface area contributed by atoms with Crippen molar-refractivity contribution in [2.75, 3.05) is 13.6 Å². The van der Waals surface area contributed by atoms with Crippen molar-refractivity contribution in [2.45, 2.75) is 38.4 Å². The van der Waals surface area contributed by atoms with Gasteiger partial charge in [0.2, 0.25) is 0 Å². The highest BCUT2D eigenvalue weighted by Gasteiger charge is 2.47. The third-order valence-electron chi connectivity index (χ3n) is 6.02. The van der Waals surface area contributed by atoms with E-state index in [0.29, 0.717) is 29.2 Å². The molecule has 1 amide bonds. The lowest BCUT2D eigenvalue weighted by molar-refractivity contribution is -0.143. The number of carbonyl (C=O) groups excluding carboxylic acids is 2. The molecule has 1 atom stereocenters. The second-order valence-corrected chi connectivity index (χ2v) is 9.76. The molecule has 0 spiro atoms. The maximum Gasteiger partial charge on any atom is 0.420 e. The Morgan fingerprint density at radius 2 is 1.91 bits per heavy atom. The van der Waals surface area contributed by atoms with E-state index in [2.05, 4.69) is 10.1 Å². The molecule has 9 nitrogen and oxygen atoms in total. The van der Waals surface area contributed by atoms with Crippen molar-refractivity contribution < 1.29 is 24.0 Å². The summed E-state index contributed by atoms with van der Waals surface area (Å²) in [5, 5.41) is 15.7. The van der Waals surface area contributed by atoms with Gasteiger partial charge in [-0.25, -0.2) is 14.3 Å². The van der Waals surface area contributed by atoms with Crippen LogP contribution in [-0.2, 0) is 15.1 Å². The molecule has 0 bridgehead atoms. The summed E-state index contributed by atoms with van der Waals surface area (Å²) in [4.78, 5) is 31.4. The van der Waals surface area contributed by atoms with Crippen molar-refractivity contribution in [3.05, 3.63) is 60.4 Å². The molecule has 1 saturated heterocycles. The van der Waals surface area contributed by atoms with E-state index in [4.69, 9.17) is 9.26 Å². The summed E-state index contributed by atoms with van der Waals surface area (Å²) in [5.74, 6) is -0.00355. The maximum absolute atomic E-state index is 13.1. The molecule has 1 aliphatic heterocycles. The Bertz CT molecular complexity index is 1450. The van der Waals surface area contributed by atoms with Crippen LogP contribution in [0.4, 0.5) is 4.79 Å². The highest BCUT2D eigenvalue weighted by atomic mass is 16.6. The van der Waals surface area contributed by atoms with Crippen molar-refractivity contribution in [3.8, 4) is 22.6 Å². The molecule has 9 heteroatoms. The fraction of sp³-hybridized carbons (Fsp3) is 0.308. The number of aromatic nitrogens is 3. The van der Waals surface area contributed by atoms with Crippen LogP contribution in [0.15, 0.2) is 59.3 Å². The number of carbonyl (C=O) groups is 2. The number of nitrogens with zero attached hydrogens (tertiary/aromatic N) is 4. The topological polar surface area (TPSA) is 111 Å². The lowest BCUT2D eigenvalue weighted by atomic mass is 9.97. The van der Waals surface area contributed by atoms with Crippen LogP contribution in [0.3, 0.4) is 0 Å². The number of amides is 1. The van der Waals surface area contributed by atoms with E-state index < -0.39 is 23.2 Å². The van der Waals surface area contributed by atoms with Crippen LogP contribution in [-0.4, -0.2) is 55.9 Å². The number of aliphatic hydroxyl groups is 1. The molecule has 1 aromatic carbocycles. The average Bonchev–Trinajstić information content (AvgIpc) is 3.52. The van der Waals surface area contributed by atoms with Crippen LogP contribution in [0.1, 0.15) is 32.9 Å². The van der Waals surface area contributed by atoms with Crippen LogP contribution in [0.25, 0.3) is 33.6 Å². The van der Waals surface area contributed by atoms with Crippen molar-refractivity contribution in [1.82, 2.24) is 19.6 Å². The summed E-state index contributed by atoms with van der Waals surface area (Å²) in [6.07, 6.45) is 1.35. The van der Waals surface area contributed by atoms with Gasteiger partial charge in [-0.1, -0.05) is 23.4 Å². The van der Waals surface area contributed by atoms with Gasteiger partial charge in [0, 0.05) is 43.2 Å². The predicted molar refractivity (Wildman–Crippen MR) is 128 cm³/mol. The summed E-state index contributed by atoms with van der Waals surface area (Å²) in [6.45, 7) is 5.88. The standard InChI is InChI=1S/C26H26N4O5/c1-25(2,3)34-24(32)30-19(14-18-9-6-11-27-22(18)30)16-7-5-8-17(13-16)20-15-21(28-35-20)26(33)10-12-29(4)23(26)31/h5-9,11,13-15,33H,10,12H2,1-4H3. The van der Waals surface area contributed by atoms with Crippen LogP contribution in [0, 0.1) is 0 Å². The van der Waals surface area contributed by atoms with Gasteiger partial charge in [-0.3, -0.25) is 4.79 Å². The van der Waals surface area contributed by atoms with Crippen LogP contribution in [0.5, 0.6) is 0 Å². The summed E-state index contributed by atoms with van der Waals surface area (Å²) < 4.78 is 12.6. The minimum Gasteiger partial charge on any atom is -0.443 e. The highest BCUT2D eigenvalue weighted by molar-refractivity contribution is 5.94. The summed E-state index contributed by atoms with van der Waals surface area (Å²) >= 11 is 0. The van der Waals surface area contributed by atoms with E-state index >= 15 is 0 Å². The van der Waals surface area contributed by atoms with Crippen LogP contribution >= 0.6 is 0 Å². The molecular weight excluding hydrogens is 448 g/mol. The normalized spacial score (nSPS) is 18.4. The molecular formula is C26H26N4O5. The molecule has 0 radical (unpaired) electrons. The largest absolute Gasteiger partial charge is 0.443 e. The van der Waals surface area contributed by atoms with Crippen LogP contribution < -0.4 is 0 Å². The second kappa shape index (κ2) is 8.06. The van der Waals surface area contributed by atoms with Crippen molar-refractivity contribution in [3.63, 3.8) is 0 Å². The number of benzene rings is 1. The van der Waals surface area contributed by atoms with Gasteiger partial charge >= 0.3 is 6.09 Å². The summed E-state index contributed by atoms with van der Waals surface area (Å²) in [7, 11) is 1.64. The predicted octanol–water partition coefficient (Wildman–Crippen LogP) is 4.19. The van der Waals surface area contributed by atoms with E-state index in [9.17, 15) is 14.7 Å². The number of hydrogen-bond donors (Lipinski definition) is 1. The lowest BCUT2D eigenvalue weighted by Crippen LogP contribution is -2.36. The second-order valence-electron chi connectivity index (χ2n) is 9.76. The Balaban J connectivity index is 1.56. The third-order valence-corrected chi connectivity index (χ3v) is 6.02. The number of pyridine rings is 1. The zero-order valence-electron chi connectivity index (χ0n) is 20.0. The molecule has 4 heterocycles. The van der Waals surface area contributed by atoms with E-state index in [-0.39, 0.29) is 12.1 Å². The molecule has 1 unspecified atom stereocenters. The minimum absolute atomic E-state index is 0.180. The Kier molecular flexibility index (Phi) is 5.25. The minimum atomic E-state index is -1.69. The monoisotopic (exact) mass is 474 g/mol. The first-order valence-electron chi connectivity index (χ1n) is 11.3. The lowest BCUT2D eigenvalue weighted by Gasteiger charge is -2.20. The van der Waals surface area contributed by atoms with E-state index in [1.165, 1.54) is 9.47 Å². The van der Waals surface area contributed by atoms with Gasteiger partial charge in [-0.05, 0) is 50.6 Å². The first kappa shape index (κ1) is 22.8. The van der Waals surface area contributed by atoms with Gasteiger partial charge in [0.1, 0.15) is 16.9 Å². The molecule has 3 aromatic heterocycles. The number of likely N-dealkylation sites (N-methyl/N-ethyl adjacent to an activating group) is 1. The number of hydrogen-bond acceptors (Lipinski definition) is 7. The first-order chi connectivity index (χ1) is 16.6. The third kappa shape index (κ3) is 3.97. The van der Waals surface area contributed by atoms with Gasteiger partial charge in [0.05, 0.1) is 5.69 Å². The summed E-state index contributed by atoms with van der Waals surface area (Å²) in [6, 6.07) is 14.6. The Labute approximate surface area is 201 Å². The average molecular weight is 475 g/mol. The number of fused-ring (bicyclic) bond motifs is 1. The van der Waals surface area contributed by atoms with E-state index in [1.807, 2.05) is 63.2 Å². The zero-order valence-corrected chi connectivity index (χ0v) is 20.0. The molecule has 1 aliphatic rings. The quantitative estimate of drug-likeness (QED) is 0.474. The molecule has 1 N–H and O–H groups in total. The van der Waals surface area contributed by atoms with Crippen molar-refractivity contribution >= 4 is 23.0 Å². The number of likely N-dealkylation sites (tertiary alicyclic amines) is 1. The molecule has 1 fully saturated rings. The van der Waals surface area contributed by atoms with Crippen molar-refractivity contribution in [2.24, 2.45) is 0 Å². The van der Waals surface area contributed by atoms with Gasteiger partial charge in [0.15, 0.2) is 11.4 Å². The van der Waals surface area contributed by atoms with Gasteiger partial charge in [-0.2, -0.15) is 0 Å². The van der Waals surface area contributed by atoms with Crippen molar-refractivity contribution in [1.29, 1.82) is 0 Å². The molecule has 5 rings (SSSR count). The Morgan fingerprint density at radius 1 is 1.14 bits per heavy atom. The molecule has 35 heavy (non-hydrogen) atoms. The highest BCUT2D eigenvalue weighted by Crippen LogP contribution is 2.36.